The maximum atomic E-state index is 11.5. The van der Waals surface area contributed by atoms with Gasteiger partial charge in [0.05, 0.1) is 0 Å². The Bertz CT molecular complexity index is 385. The Kier molecular flexibility index (Phi) is 5.62. The van der Waals surface area contributed by atoms with Crippen molar-refractivity contribution < 1.29 is 28.9 Å². The van der Waals surface area contributed by atoms with Gasteiger partial charge in [-0.05, 0) is 0 Å². The van der Waals surface area contributed by atoms with Crippen molar-refractivity contribution in [2.75, 3.05) is 7.11 Å². The minimum atomic E-state index is -0.209. The fraction of sp³-hybridized carbons (Fsp3) is 0.385. The number of carbonyl (C=O) groups excluding carboxylic acids is 1. The third-order valence-electron chi connectivity index (χ3n) is 2.43. The van der Waals surface area contributed by atoms with Gasteiger partial charge in [-0.2, -0.15) is 0 Å². The van der Waals surface area contributed by atoms with E-state index >= 15 is 0 Å². The molecule has 0 aliphatic rings. The Labute approximate surface area is 107 Å². The molecule has 0 aliphatic heterocycles. The first-order valence-corrected chi connectivity index (χ1v) is 6.88. The number of carbonyl (C=O) groups is 1. The first-order chi connectivity index (χ1) is 7.70. The minimum absolute atomic E-state index is 0.209. The summed E-state index contributed by atoms with van der Waals surface area (Å²) in [7, 11) is 1.43. The van der Waals surface area contributed by atoms with Crippen LogP contribution < -0.4 is 0 Å². The van der Waals surface area contributed by atoms with Crippen LogP contribution in [0.25, 0.3) is 0 Å². The van der Waals surface area contributed by atoms with Crippen LogP contribution in [-0.4, -0.2) is 17.0 Å². The fourth-order valence-electron chi connectivity index (χ4n) is 1.53. The SMILES string of the molecule is CCCCc1ccccc1[C](=[W])C(=O)OC. The third-order valence-corrected chi connectivity index (χ3v) is 3.82. The van der Waals surface area contributed by atoms with Gasteiger partial charge in [-0.3, -0.25) is 0 Å². The molecule has 0 heterocycles. The summed E-state index contributed by atoms with van der Waals surface area (Å²) in [5, 5.41) is 0. The summed E-state index contributed by atoms with van der Waals surface area (Å²) in [5.74, 6) is -0.209. The van der Waals surface area contributed by atoms with Crippen LogP contribution in [0.2, 0.25) is 0 Å². The van der Waals surface area contributed by atoms with Crippen molar-refractivity contribution in [3.05, 3.63) is 35.4 Å². The number of methoxy groups -OCH3 is 1. The zero-order chi connectivity index (χ0) is 12.0. The second-order valence-corrected chi connectivity index (χ2v) is 5.05. The number of benzene rings is 1. The molecule has 0 saturated carbocycles. The van der Waals surface area contributed by atoms with Crippen LogP contribution in [0, 0.1) is 0 Å². The summed E-state index contributed by atoms with van der Waals surface area (Å²) < 4.78 is 5.54. The number of ether oxygens (including phenoxy) is 1. The van der Waals surface area contributed by atoms with E-state index in [-0.39, 0.29) is 5.97 Å². The molecule has 86 valence electrons. The molecule has 0 spiro atoms. The molecule has 16 heavy (non-hydrogen) atoms. The molecule has 3 heteroatoms. The van der Waals surface area contributed by atoms with Gasteiger partial charge in [0.25, 0.3) is 0 Å². The average molecular weight is 388 g/mol. The fourth-order valence-corrected chi connectivity index (χ4v) is 2.54. The van der Waals surface area contributed by atoms with E-state index in [1.807, 2.05) is 18.2 Å². The molecule has 1 aromatic rings. The first kappa shape index (κ1) is 13.3. The number of rotatable bonds is 5. The van der Waals surface area contributed by atoms with Crippen LogP contribution in [0.1, 0.15) is 30.9 Å². The molecule has 0 atom stereocenters. The maximum absolute atomic E-state index is 11.5. The van der Waals surface area contributed by atoms with Crippen LogP contribution in [0.5, 0.6) is 0 Å². The Hall–Kier alpha value is -0.752. The summed E-state index contributed by atoms with van der Waals surface area (Å²) >= 11 is 1.16. The van der Waals surface area contributed by atoms with E-state index in [9.17, 15) is 4.79 Å². The topological polar surface area (TPSA) is 26.3 Å². The van der Waals surface area contributed by atoms with Crippen molar-refractivity contribution in [2.45, 2.75) is 26.2 Å². The van der Waals surface area contributed by atoms with Crippen LogP contribution in [0.3, 0.4) is 0 Å². The van der Waals surface area contributed by atoms with E-state index in [0.29, 0.717) is 0 Å². The molecule has 0 aliphatic carbocycles. The van der Waals surface area contributed by atoms with Gasteiger partial charge < -0.3 is 0 Å². The monoisotopic (exact) mass is 388 g/mol. The number of hydrogen-bond donors (Lipinski definition) is 0. The zero-order valence-corrected chi connectivity index (χ0v) is 12.6. The van der Waals surface area contributed by atoms with Crippen molar-refractivity contribution in [1.82, 2.24) is 0 Å². The quantitative estimate of drug-likeness (QED) is 0.724. The number of unbranched alkanes of at least 4 members (excludes halogenated alkanes) is 1. The summed E-state index contributed by atoms with van der Waals surface area (Å²) in [4.78, 5) is 11.5. The van der Waals surface area contributed by atoms with Crippen LogP contribution in [0.15, 0.2) is 24.3 Å². The van der Waals surface area contributed by atoms with Gasteiger partial charge in [0.15, 0.2) is 0 Å². The normalized spacial score (nSPS) is 9.88. The number of esters is 1. The van der Waals surface area contributed by atoms with E-state index in [1.54, 1.807) is 0 Å². The van der Waals surface area contributed by atoms with E-state index in [2.05, 4.69) is 13.0 Å². The van der Waals surface area contributed by atoms with Gasteiger partial charge in [-0.25, -0.2) is 0 Å². The Morgan fingerprint density at radius 2 is 2.06 bits per heavy atom. The predicted molar refractivity (Wildman–Crippen MR) is 61.2 cm³/mol. The standard InChI is InChI=1S/C13H16O2.W/c1-3-4-7-11-8-5-6-9-12(11)10-13(14)15-2;/h5-6,8-9H,3-4,7H2,1-2H3;. The number of aryl methyl sites for hydroxylation is 1. The Morgan fingerprint density at radius 3 is 2.69 bits per heavy atom. The van der Waals surface area contributed by atoms with E-state index in [4.69, 9.17) is 4.74 Å². The first-order valence-electron chi connectivity index (χ1n) is 5.41. The summed E-state index contributed by atoms with van der Waals surface area (Å²) in [6, 6.07) is 8.09. The molecular weight excluding hydrogens is 372 g/mol. The van der Waals surface area contributed by atoms with Crippen LogP contribution in [-0.2, 0) is 35.3 Å². The summed E-state index contributed by atoms with van der Waals surface area (Å²) in [6.07, 6.45) is 3.35. The molecule has 0 radical (unpaired) electrons. The zero-order valence-electron chi connectivity index (χ0n) is 9.66. The second kappa shape index (κ2) is 6.75. The van der Waals surface area contributed by atoms with Gasteiger partial charge in [0, 0.05) is 0 Å². The van der Waals surface area contributed by atoms with Crippen molar-refractivity contribution >= 4 is 9.87 Å². The van der Waals surface area contributed by atoms with Gasteiger partial charge in [0.2, 0.25) is 0 Å². The van der Waals surface area contributed by atoms with Crippen molar-refractivity contribution in [3.8, 4) is 0 Å². The molecule has 0 saturated heterocycles. The van der Waals surface area contributed by atoms with Gasteiger partial charge in [-0.15, -0.1) is 0 Å². The van der Waals surface area contributed by atoms with Crippen molar-refractivity contribution in [1.29, 1.82) is 0 Å². The Balaban J connectivity index is 2.94. The molecular formula is C13H16O2W. The predicted octanol–water partition coefficient (Wildman–Crippen LogP) is 2.27. The van der Waals surface area contributed by atoms with E-state index in [0.717, 1.165) is 41.7 Å². The van der Waals surface area contributed by atoms with E-state index in [1.165, 1.54) is 19.1 Å². The average Bonchev–Trinajstić information content (AvgIpc) is 2.34. The van der Waals surface area contributed by atoms with Crippen molar-refractivity contribution in [3.63, 3.8) is 0 Å². The van der Waals surface area contributed by atoms with E-state index < -0.39 is 0 Å². The Morgan fingerprint density at radius 1 is 1.38 bits per heavy atom. The third kappa shape index (κ3) is 3.38. The van der Waals surface area contributed by atoms with Gasteiger partial charge in [0.1, 0.15) is 0 Å². The molecule has 0 unspecified atom stereocenters. The number of hydrogen-bond acceptors (Lipinski definition) is 2. The summed E-state index contributed by atoms with van der Waals surface area (Å²) in [6.45, 7) is 2.17. The molecule has 0 fully saturated rings. The molecule has 1 rings (SSSR count). The van der Waals surface area contributed by atoms with Crippen LogP contribution in [0.4, 0.5) is 0 Å². The van der Waals surface area contributed by atoms with Crippen LogP contribution >= 0.6 is 0 Å². The summed E-state index contributed by atoms with van der Waals surface area (Å²) in [5.41, 5.74) is 2.30. The molecule has 1 aromatic carbocycles. The molecule has 0 bridgehead atoms. The molecule has 2 nitrogen and oxygen atoms in total. The van der Waals surface area contributed by atoms with Gasteiger partial charge in [-0.1, -0.05) is 0 Å². The molecule has 0 amide bonds. The van der Waals surface area contributed by atoms with Gasteiger partial charge >= 0.3 is 107 Å². The van der Waals surface area contributed by atoms with Crippen molar-refractivity contribution in [2.24, 2.45) is 0 Å². The second-order valence-electron chi connectivity index (χ2n) is 3.58. The molecule has 0 aromatic heterocycles. The molecule has 0 N–H and O–H groups in total.